The molecule has 2 aromatic carbocycles. The van der Waals surface area contributed by atoms with E-state index in [2.05, 4.69) is 10.6 Å². The molecular weight excluding hydrogens is 322 g/mol. The quantitative estimate of drug-likeness (QED) is 0.620. The highest BCUT2D eigenvalue weighted by atomic mass is 16.6. The third-order valence-corrected chi connectivity index (χ3v) is 4.12. The van der Waals surface area contributed by atoms with Gasteiger partial charge >= 0.3 is 6.09 Å². The van der Waals surface area contributed by atoms with Crippen LogP contribution in [0.1, 0.15) is 18.4 Å². The first-order valence-electron chi connectivity index (χ1n) is 8.08. The zero-order valence-corrected chi connectivity index (χ0v) is 13.6. The van der Waals surface area contributed by atoms with Crippen molar-refractivity contribution in [2.24, 2.45) is 0 Å². The Hall–Kier alpha value is -3.09. The molecule has 0 unspecified atom stereocenters. The molecule has 1 aliphatic rings. The summed E-state index contributed by atoms with van der Waals surface area (Å²) >= 11 is 0. The van der Waals surface area contributed by atoms with Gasteiger partial charge in [-0.05, 0) is 30.5 Å². The minimum absolute atomic E-state index is 0.0693. The van der Waals surface area contributed by atoms with Crippen LogP contribution in [-0.2, 0) is 11.3 Å². The number of alkyl carbamates (subject to hydrolysis) is 1. The normalized spacial score (nSPS) is 18.7. The standard InChI is InChI=1S/C18H19N3O4/c22-18(25-12-13-4-2-1-3-5-13)20-16-10-15(11-16)19-14-6-8-17(9-7-14)21(23)24/h1-9,15-16,19H,10-12H2,(H,20,22). The minimum Gasteiger partial charge on any atom is -0.445 e. The molecule has 1 amide bonds. The van der Waals surface area contributed by atoms with Crippen molar-refractivity contribution >= 4 is 17.5 Å². The van der Waals surface area contributed by atoms with Gasteiger partial charge in [-0.2, -0.15) is 0 Å². The Morgan fingerprint density at radius 3 is 2.40 bits per heavy atom. The van der Waals surface area contributed by atoms with Crippen molar-refractivity contribution in [3.63, 3.8) is 0 Å². The lowest BCUT2D eigenvalue weighted by Gasteiger charge is -2.36. The van der Waals surface area contributed by atoms with E-state index < -0.39 is 11.0 Å². The van der Waals surface area contributed by atoms with E-state index in [9.17, 15) is 14.9 Å². The molecule has 1 saturated carbocycles. The molecule has 0 spiro atoms. The number of nitro groups is 1. The maximum Gasteiger partial charge on any atom is 0.407 e. The number of hydrogen-bond donors (Lipinski definition) is 2. The van der Waals surface area contributed by atoms with Crippen molar-refractivity contribution in [3.05, 3.63) is 70.3 Å². The van der Waals surface area contributed by atoms with Crippen molar-refractivity contribution in [2.45, 2.75) is 31.5 Å². The molecule has 0 bridgehead atoms. The van der Waals surface area contributed by atoms with Crippen LogP contribution in [0.5, 0.6) is 0 Å². The maximum atomic E-state index is 11.8. The Balaban J connectivity index is 1.36. The first-order valence-corrected chi connectivity index (χ1v) is 8.08. The summed E-state index contributed by atoms with van der Waals surface area (Å²) in [5.74, 6) is 0. The molecule has 7 heteroatoms. The highest BCUT2D eigenvalue weighted by molar-refractivity contribution is 5.67. The van der Waals surface area contributed by atoms with E-state index in [4.69, 9.17) is 4.74 Å². The molecule has 2 N–H and O–H groups in total. The number of anilines is 1. The Morgan fingerprint density at radius 1 is 1.08 bits per heavy atom. The average molecular weight is 341 g/mol. The smallest absolute Gasteiger partial charge is 0.407 e. The number of nitrogens with one attached hydrogen (secondary N) is 2. The van der Waals surface area contributed by atoms with Crippen LogP contribution in [0.15, 0.2) is 54.6 Å². The number of benzene rings is 2. The summed E-state index contributed by atoms with van der Waals surface area (Å²) in [4.78, 5) is 22.0. The van der Waals surface area contributed by atoms with Crippen LogP contribution in [0.3, 0.4) is 0 Å². The molecule has 0 saturated heterocycles. The molecule has 130 valence electrons. The molecule has 2 aromatic rings. The second kappa shape index (κ2) is 7.65. The summed E-state index contributed by atoms with van der Waals surface area (Å²) < 4.78 is 5.19. The molecule has 0 atom stereocenters. The van der Waals surface area contributed by atoms with Crippen LogP contribution in [0.2, 0.25) is 0 Å². The second-order valence-electron chi connectivity index (χ2n) is 6.02. The summed E-state index contributed by atoms with van der Waals surface area (Å²) in [5, 5.41) is 16.8. The monoisotopic (exact) mass is 341 g/mol. The Labute approximate surface area is 145 Å². The van der Waals surface area contributed by atoms with Gasteiger partial charge in [0.05, 0.1) is 4.92 Å². The number of carbonyl (C=O) groups is 1. The number of rotatable bonds is 6. The number of amides is 1. The highest BCUT2D eigenvalue weighted by Crippen LogP contribution is 2.25. The Morgan fingerprint density at radius 2 is 1.76 bits per heavy atom. The first-order chi connectivity index (χ1) is 12.1. The molecule has 3 rings (SSSR count). The van der Waals surface area contributed by atoms with Gasteiger partial charge < -0.3 is 15.4 Å². The fourth-order valence-electron chi connectivity index (χ4n) is 2.70. The van der Waals surface area contributed by atoms with Crippen LogP contribution in [-0.4, -0.2) is 23.1 Å². The summed E-state index contributed by atoms with van der Waals surface area (Å²) in [6.07, 6.45) is 1.16. The molecule has 0 radical (unpaired) electrons. The summed E-state index contributed by atoms with van der Waals surface area (Å²) in [6.45, 7) is 0.254. The van der Waals surface area contributed by atoms with Crippen molar-refractivity contribution in [1.82, 2.24) is 5.32 Å². The molecule has 1 fully saturated rings. The van der Waals surface area contributed by atoms with Gasteiger partial charge in [0.1, 0.15) is 6.61 Å². The lowest BCUT2D eigenvalue weighted by Crippen LogP contribution is -2.49. The third-order valence-electron chi connectivity index (χ3n) is 4.12. The lowest BCUT2D eigenvalue weighted by molar-refractivity contribution is -0.384. The zero-order chi connectivity index (χ0) is 17.6. The van der Waals surface area contributed by atoms with Crippen molar-refractivity contribution < 1.29 is 14.5 Å². The largest absolute Gasteiger partial charge is 0.445 e. The van der Waals surface area contributed by atoms with Gasteiger partial charge in [-0.25, -0.2) is 4.79 Å². The summed E-state index contributed by atoms with van der Waals surface area (Å²) in [5.41, 5.74) is 1.85. The second-order valence-corrected chi connectivity index (χ2v) is 6.02. The van der Waals surface area contributed by atoms with Gasteiger partial charge in [-0.15, -0.1) is 0 Å². The number of carbonyl (C=O) groups excluding carboxylic acids is 1. The fourth-order valence-corrected chi connectivity index (χ4v) is 2.70. The number of nitrogens with zero attached hydrogens (tertiary/aromatic N) is 1. The number of ether oxygens (including phenoxy) is 1. The summed E-state index contributed by atoms with van der Waals surface area (Å²) in [7, 11) is 0. The lowest BCUT2D eigenvalue weighted by atomic mass is 9.86. The SMILES string of the molecule is O=C(NC1CC(Nc2ccc([N+](=O)[O-])cc2)C1)OCc1ccccc1. The minimum atomic E-state index is -0.422. The maximum absolute atomic E-state index is 11.8. The topological polar surface area (TPSA) is 93.5 Å². The average Bonchev–Trinajstić information content (AvgIpc) is 2.59. The first kappa shape index (κ1) is 16.8. The van der Waals surface area contributed by atoms with Crippen LogP contribution in [0.4, 0.5) is 16.2 Å². The van der Waals surface area contributed by atoms with Gasteiger partial charge in [-0.3, -0.25) is 10.1 Å². The Kier molecular flexibility index (Phi) is 5.13. The molecule has 7 nitrogen and oxygen atoms in total. The van der Waals surface area contributed by atoms with Gasteiger partial charge in [0.25, 0.3) is 5.69 Å². The number of nitro benzene ring substituents is 1. The van der Waals surface area contributed by atoms with Crippen molar-refractivity contribution in [1.29, 1.82) is 0 Å². The summed E-state index contributed by atoms with van der Waals surface area (Å²) in [6, 6.07) is 16.2. The van der Waals surface area contributed by atoms with E-state index in [1.807, 2.05) is 30.3 Å². The Bertz CT molecular complexity index is 728. The molecule has 1 aliphatic carbocycles. The molecule has 0 aliphatic heterocycles. The van der Waals surface area contributed by atoms with E-state index >= 15 is 0 Å². The molecule has 0 aromatic heterocycles. The molecule has 0 heterocycles. The van der Waals surface area contributed by atoms with Gasteiger partial charge in [-0.1, -0.05) is 30.3 Å². The third kappa shape index (κ3) is 4.69. The molecule has 25 heavy (non-hydrogen) atoms. The van der Waals surface area contributed by atoms with Crippen LogP contribution < -0.4 is 10.6 Å². The van der Waals surface area contributed by atoms with Gasteiger partial charge in [0, 0.05) is 29.9 Å². The van der Waals surface area contributed by atoms with Gasteiger partial charge in [0.15, 0.2) is 0 Å². The predicted molar refractivity (Wildman–Crippen MR) is 93.3 cm³/mol. The van der Waals surface area contributed by atoms with E-state index in [0.29, 0.717) is 0 Å². The van der Waals surface area contributed by atoms with E-state index in [-0.39, 0.29) is 24.4 Å². The zero-order valence-electron chi connectivity index (χ0n) is 13.6. The van der Waals surface area contributed by atoms with Gasteiger partial charge in [0.2, 0.25) is 0 Å². The number of non-ortho nitro benzene ring substituents is 1. The number of hydrogen-bond acceptors (Lipinski definition) is 5. The van der Waals surface area contributed by atoms with Crippen molar-refractivity contribution in [2.75, 3.05) is 5.32 Å². The predicted octanol–water partition coefficient (Wildman–Crippen LogP) is 3.46. The van der Waals surface area contributed by atoms with Crippen LogP contribution in [0.25, 0.3) is 0 Å². The van der Waals surface area contributed by atoms with E-state index in [0.717, 1.165) is 24.1 Å². The van der Waals surface area contributed by atoms with E-state index in [1.165, 1.54) is 12.1 Å². The van der Waals surface area contributed by atoms with Crippen LogP contribution in [0, 0.1) is 10.1 Å². The van der Waals surface area contributed by atoms with Crippen LogP contribution >= 0.6 is 0 Å². The highest BCUT2D eigenvalue weighted by Gasteiger charge is 2.30. The fraction of sp³-hybridized carbons (Fsp3) is 0.278. The molecular formula is C18H19N3O4. The van der Waals surface area contributed by atoms with E-state index in [1.54, 1.807) is 12.1 Å². The van der Waals surface area contributed by atoms with Crippen molar-refractivity contribution in [3.8, 4) is 0 Å².